The van der Waals surface area contributed by atoms with Crippen molar-refractivity contribution in [1.82, 2.24) is 4.90 Å². The SMILES string of the molecule is N#CN(C/C=C/c1ccccc1)C(=O)c1ccccc1. The minimum absolute atomic E-state index is 0.263. The fraction of sp³-hybridized carbons (Fsp3) is 0.0588. The van der Waals surface area contributed by atoms with Gasteiger partial charge in [0.2, 0.25) is 0 Å². The van der Waals surface area contributed by atoms with E-state index in [1.165, 1.54) is 0 Å². The maximum atomic E-state index is 12.1. The van der Waals surface area contributed by atoms with Gasteiger partial charge in [0.1, 0.15) is 0 Å². The zero-order valence-corrected chi connectivity index (χ0v) is 10.9. The molecule has 0 radical (unpaired) electrons. The van der Waals surface area contributed by atoms with Crippen LogP contribution in [0.1, 0.15) is 15.9 Å². The molecule has 0 fully saturated rings. The molecule has 0 aliphatic rings. The van der Waals surface area contributed by atoms with E-state index < -0.39 is 0 Å². The molecule has 1 amide bonds. The number of rotatable bonds is 4. The van der Waals surface area contributed by atoms with E-state index in [9.17, 15) is 4.79 Å². The largest absolute Gasteiger partial charge is 0.268 e. The highest BCUT2D eigenvalue weighted by Gasteiger charge is 2.12. The van der Waals surface area contributed by atoms with Crippen molar-refractivity contribution < 1.29 is 4.79 Å². The minimum atomic E-state index is -0.286. The van der Waals surface area contributed by atoms with Crippen LogP contribution in [-0.2, 0) is 0 Å². The fourth-order valence-electron chi connectivity index (χ4n) is 1.76. The Labute approximate surface area is 118 Å². The molecule has 2 rings (SSSR count). The number of carbonyl (C=O) groups excluding carboxylic acids is 1. The van der Waals surface area contributed by atoms with Gasteiger partial charge in [0.25, 0.3) is 5.91 Å². The number of nitriles is 1. The van der Waals surface area contributed by atoms with Crippen molar-refractivity contribution in [2.24, 2.45) is 0 Å². The lowest BCUT2D eigenvalue weighted by atomic mass is 10.2. The molecular weight excluding hydrogens is 248 g/mol. The highest BCUT2D eigenvalue weighted by atomic mass is 16.2. The summed E-state index contributed by atoms with van der Waals surface area (Å²) in [4.78, 5) is 13.2. The molecule has 0 bridgehead atoms. The number of hydrogen-bond acceptors (Lipinski definition) is 2. The average Bonchev–Trinajstić information content (AvgIpc) is 2.53. The predicted molar refractivity (Wildman–Crippen MR) is 78.6 cm³/mol. The molecule has 0 N–H and O–H groups in total. The quantitative estimate of drug-likeness (QED) is 0.626. The van der Waals surface area contributed by atoms with E-state index in [2.05, 4.69) is 0 Å². The maximum absolute atomic E-state index is 12.1. The Kier molecular flexibility index (Phi) is 4.69. The first-order chi connectivity index (χ1) is 9.81. The molecular formula is C17H14N2O. The van der Waals surface area contributed by atoms with Crippen molar-refractivity contribution in [3.8, 4) is 6.19 Å². The van der Waals surface area contributed by atoms with E-state index in [-0.39, 0.29) is 12.5 Å². The van der Waals surface area contributed by atoms with Crippen LogP contribution in [0.5, 0.6) is 0 Å². The van der Waals surface area contributed by atoms with Gasteiger partial charge in [0.05, 0.1) is 6.54 Å². The molecule has 2 aromatic carbocycles. The number of amides is 1. The van der Waals surface area contributed by atoms with Gasteiger partial charge in [-0.3, -0.25) is 4.79 Å². The number of carbonyl (C=O) groups is 1. The second-order valence-electron chi connectivity index (χ2n) is 4.19. The lowest BCUT2D eigenvalue weighted by Crippen LogP contribution is -2.26. The van der Waals surface area contributed by atoms with Crippen molar-refractivity contribution >= 4 is 12.0 Å². The van der Waals surface area contributed by atoms with E-state index >= 15 is 0 Å². The summed E-state index contributed by atoms with van der Waals surface area (Å²) in [7, 11) is 0. The van der Waals surface area contributed by atoms with E-state index in [0.717, 1.165) is 10.5 Å². The first kappa shape index (κ1) is 13.6. The molecule has 2 aromatic rings. The van der Waals surface area contributed by atoms with Crippen LogP contribution in [0.25, 0.3) is 6.08 Å². The smallest absolute Gasteiger partial charge is 0.267 e. The van der Waals surface area contributed by atoms with Crippen LogP contribution in [0.2, 0.25) is 0 Å². The van der Waals surface area contributed by atoms with Gasteiger partial charge >= 0.3 is 0 Å². The van der Waals surface area contributed by atoms with Gasteiger partial charge in [0, 0.05) is 5.56 Å². The predicted octanol–water partition coefficient (Wildman–Crippen LogP) is 3.32. The highest BCUT2D eigenvalue weighted by molar-refractivity contribution is 5.95. The summed E-state index contributed by atoms with van der Waals surface area (Å²) < 4.78 is 0. The molecule has 0 saturated heterocycles. The third-order valence-corrected chi connectivity index (χ3v) is 2.78. The Balaban J connectivity index is 2.02. The Morgan fingerprint density at radius 2 is 1.65 bits per heavy atom. The Morgan fingerprint density at radius 1 is 1.05 bits per heavy atom. The van der Waals surface area contributed by atoms with Gasteiger partial charge in [-0.2, -0.15) is 5.26 Å². The van der Waals surface area contributed by atoms with Gasteiger partial charge < -0.3 is 0 Å². The molecule has 0 spiro atoms. The van der Waals surface area contributed by atoms with Crippen LogP contribution < -0.4 is 0 Å². The maximum Gasteiger partial charge on any atom is 0.267 e. The van der Waals surface area contributed by atoms with E-state index in [1.807, 2.05) is 48.7 Å². The summed E-state index contributed by atoms with van der Waals surface area (Å²) in [6.07, 6.45) is 5.62. The zero-order chi connectivity index (χ0) is 14.2. The average molecular weight is 262 g/mol. The summed E-state index contributed by atoms with van der Waals surface area (Å²) in [5.74, 6) is -0.286. The van der Waals surface area contributed by atoms with Crippen LogP contribution in [0.15, 0.2) is 66.7 Å². The van der Waals surface area contributed by atoms with Crippen LogP contribution in [0.3, 0.4) is 0 Å². The topological polar surface area (TPSA) is 44.1 Å². The summed E-state index contributed by atoms with van der Waals surface area (Å²) >= 11 is 0. The number of hydrogen-bond donors (Lipinski definition) is 0. The van der Waals surface area contributed by atoms with E-state index in [4.69, 9.17) is 5.26 Å². The molecule has 0 heterocycles. The van der Waals surface area contributed by atoms with Crippen LogP contribution >= 0.6 is 0 Å². The molecule has 20 heavy (non-hydrogen) atoms. The molecule has 98 valence electrons. The molecule has 3 nitrogen and oxygen atoms in total. The van der Waals surface area contributed by atoms with Gasteiger partial charge in [0.15, 0.2) is 6.19 Å². The van der Waals surface area contributed by atoms with Gasteiger partial charge in [-0.05, 0) is 17.7 Å². The van der Waals surface area contributed by atoms with Crippen molar-refractivity contribution in [3.05, 3.63) is 77.9 Å². The van der Waals surface area contributed by atoms with Crippen molar-refractivity contribution in [2.45, 2.75) is 0 Å². The van der Waals surface area contributed by atoms with Crippen LogP contribution in [0.4, 0.5) is 0 Å². The number of nitrogens with zero attached hydrogens (tertiary/aromatic N) is 2. The van der Waals surface area contributed by atoms with Crippen molar-refractivity contribution in [2.75, 3.05) is 6.54 Å². The van der Waals surface area contributed by atoms with Crippen LogP contribution in [0, 0.1) is 11.5 Å². The fourth-order valence-corrected chi connectivity index (χ4v) is 1.76. The molecule has 0 aromatic heterocycles. The zero-order valence-electron chi connectivity index (χ0n) is 10.9. The Bertz CT molecular complexity index is 627. The third-order valence-electron chi connectivity index (χ3n) is 2.78. The molecule has 0 atom stereocenters. The standard InChI is InChI=1S/C17H14N2O/c18-14-19(17(20)16-11-5-2-6-12-16)13-7-10-15-8-3-1-4-9-15/h1-12H,13H2/b10-7+. The molecule has 0 aliphatic carbocycles. The summed E-state index contributed by atoms with van der Waals surface area (Å²) in [6.45, 7) is 0.263. The first-order valence-electron chi connectivity index (χ1n) is 6.29. The second-order valence-corrected chi connectivity index (χ2v) is 4.19. The van der Waals surface area contributed by atoms with E-state index in [1.54, 1.807) is 30.3 Å². The lowest BCUT2D eigenvalue weighted by Gasteiger charge is -2.11. The first-order valence-corrected chi connectivity index (χ1v) is 6.29. The van der Waals surface area contributed by atoms with Gasteiger partial charge in [-0.25, -0.2) is 4.90 Å². The molecule has 0 unspecified atom stereocenters. The Hall–Kier alpha value is -2.86. The number of benzene rings is 2. The molecule has 0 saturated carbocycles. The summed E-state index contributed by atoms with van der Waals surface area (Å²) in [5, 5.41) is 9.08. The molecule has 3 heteroatoms. The highest BCUT2D eigenvalue weighted by Crippen LogP contribution is 2.05. The second kappa shape index (κ2) is 6.91. The van der Waals surface area contributed by atoms with Crippen LogP contribution in [-0.4, -0.2) is 17.4 Å². The summed E-state index contributed by atoms with van der Waals surface area (Å²) in [6, 6.07) is 18.6. The van der Waals surface area contributed by atoms with Gasteiger partial charge in [-0.1, -0.05) is 60.7 Å². The van der Waals surface area contributed by atoms with E-state index in [0.29, 0.717) is 5.56 Å². The molecule has 0 aliphatic heterocycles. The Morgan fingerprint density at radius 3 is 2.25 bits per heavy atom. The normalized spacial score (nSPS) is 10.2. The van der Waals surface area contributed by atoms with Crippen molar-refractivity contribution in [3.63, 3.8) is 0 Å². The van der Waals surface area contributed by atoms with Crippen molar-refractivity contribution in [1.29, 1.82) is 5.26 Å². The van der Waals surface area contributed by atoms with Gasteiger partial charge in [-0.15, -0.1) is 0 Å². The minimum Gasteiger partial charge on any atom is -0.268 e. The monoisotopic (exact) mass is 262 g/mol. The third kappa shape index (κ3) is 3.56. The summed E-state index contributed by atoms with van der Waals surface area (Å²) in [5.41, 5.74) is 1.56. The lowest BCUT2D eigenvalue weighted by molar-refractivity contribution is 0.0844.